The van der Waals surface area contributed by atoms with Crippen molar-refractivity contribution in [3.63, 3.8) is 0 Å². The van der Waals surface area contributed by atoms with Crippen LogP contribution >= 0.6 is 7.60 Å². The zero-order valence-corrected chi connectivity index (χ0v) is 16.5. The Morgan fingerprint density at radius 1 is 0.727 bits per heavy atom. The first-order valence-electron chi connectivity index (χ1n) is 9.43. The lowest BCUT2D eigenvalue weighted by atomic mass is 10.1. The largest absolute Gasteiger partial charge is 0.330 e. The van der Waals surface area contributed by atoms with Crippen LogP contribution in [0.25, 0.3) is 0 Å². The van der Waals surface area contributed by atoms with E-state index in [0.29, 0.717) is 6.16 Å². The van der Waals surface area contributed by atoms with E-state index in [0.717, 1.165) is 25.7 Å². The van der Waals surface area contributed by atoms with Crippen LogP contribution in [0.2, 0.25) is 0 Å². The zero-order valence-electron chi connectivity index (χ0n) is 15.6. The van der Waals surface area contributed by atoms with Gasteiger partial charge in [-0.1, -0.05) is 72.1 Å². The van der Waals surface area contributed by atoms with Crippen molar-refractivity contribution in [2.24, 2.45) is 0 Å². The fourth-order valence-electron chi connectivity index (χ4n) is 2.54. The molecule has 0 aromatic heterocycles. The van der Waals surface area contributed by atoms with Gasteiger partial charge in [-0.2, -0.15) is 0 Å². The first kappa shape index (κ1) is 22.1. The van der Waals surface area contributed by atoms with Crippen molar-refractivity contribution in [3.8, 4) is 0 Å². The molecule has 0 radical (unpaired) electrons. The quantitative estimate of drug-likeness (QED) is 0.240. The van der Waals surface area contributed by atoms with Crippen LogP contribution in [0.5, 0.6) is 0 Å². The van der Waals surface area contributed by atoms with Gasteiger partial charge in [0, 0.05) is 6.16 Å². The molecular weight excluding hydrogens is 295 g/mol. The van der Waals surface area contributed by atoms with E-state index in [9.17, 15) is 4.57 Å². The van der Waals surface area contributed by atoms with Gasteiger partial charge in [-0.15, -0.1) is 0 Å². The van der Waals surface area contributed by atoms with Crippen LogP contribution in [-0.4, -0.2) is 18.4 Å². The van der Waals surface area contributed by atoms with Gasteiger partial charge in [-0.3, -0.25) is 4.57 Å². The molecule has 0 spiro atoms. The van der Waals surface area contributed by atoms with E-state index in [1.807, 2.05) is 20.8 Å². The van der Waals surface area contributed by atoms with Gasteiger partial charge in [0.1, 0.15) is 0 Å². The van der Waals surface area contributed by atoms with Crippen molar-refractivity contribution >= 4 is 7.60 Å². The lowest BCUT2D eigenvalue weighted by molar-refractivity contribution is 0.117. The summed E-state index contributed by atoms with van der Waals surface area (Å²) in [5.74, 6) is 0. The molecule has 0 amide bonds. The van der Waals surface area contributed by atoms with Crippen molar-refractivity contribution in [3.05, 3.63) is 0 Å². The molecule has 0 aliphatic heterocycles. The molecule has 3 nitrogen and oxygen atoms in total. The number of rotatable bonds is 15. The van der Waals surface area contributed by atoms with Gasteiger partial charge in [-0.05, 0) is 26.7 Å². The molecule has 0 saturated heterocycles. The molecule has 2 atom stereocenters. The molecule has 134 valence electrons. The minimum Gasteiger partial charge on any atom is -0.306 e. The summed E-state index contributed by atoms with van der Waals surface area (Å²) >= 11 is 0. The summed E-state index contributed by atoms with van der Waals surface area (Å²) in [6.45, 7) is 10.4. The molecule has 0 aromatic rings. The summed E-state index contributed by atoms with van der Waals surface area (Å²) in [6, 6.07) is 0. The predicted molar refractivity (Wildman–Crippen MR) is 96.8 cm³/mol. The summed E-state index contributed by atoms with van der Waals surface area (Å²) in [7, 11) is -2.92. The number of hydrogen-bond acceptors (Lipinski definition) is 3. The van der Waals surface area contributed by atoms with E-state index in [-0.39, 0.29) is 12.2 Å². The SMILES string of the molecule is CCCCCCC(C)OP(=O)(CC)OC(C)CCCCCC. The molecule has 0 aromatic carbocycles. The highest BCUT2D eigenvalue weighted by Crippen LogP contribution is 2.50. The molecule has 0 N–H and O–H groups in total. The Hall–Kier alpha value is 0.150. The monoisotopic (exact) mass is 334 g/mol. The standard InChI is InChI=1S/C18H39O3P/c1-6-9-11-13-15-17(4)20-22(19,8-3)21-18(5)16-14-12-10-7-2/h17-18H,6-16H2,1-5H3. The predicted octanol–water partition coefficient (Wildman–Crippen LogP) is 6.95. The van der Waals surface area contributed by atoms with Crippen LogP contribution in [0.3, 0.4) is 0 Å². The zero-order chi connectivity index (χ0) is 16.8. The minimum absolute atomic E-state index is 0.0231. The Bertz CT molecular complexity index is 270. The van der Waals surface area contributed by atoms with Gasteiger partial charge in [0.25, 0.3) is 0 Å². The molecule has 2 unspecified atom stereocenters. The van der Waals surface area contributed by atoms with E-state index in [2.05, 4.69) is 13.8 Å². The highest BCUT2D eigenvalue weighted by atomic mass is 31.2. The van der Waals surface area contributed by atoms with Crippen LogP contribution in [0, 0.1) is 0 Å². The van der Waals surface area contributed by atoms with Gasteiger partial charge in [0.2, 0.25) is 0 Å². The summed E-state index contributed by atoms with van der Waals surface area (Å²) in [4.78, 5) is 0. The molecule has 0 heterocycles. The van der Waals surface area contributed by atoms with Crippen LogP contribution < -0.4 is 0 Å². The van der Waals surface area contributed by atoms with Gasteiger partial charge < -0.3 is 9.05 Å². The fraction of sp³-hybridized carbons (Fsp3) is 1.00. The summed E-state index contributed by atoms with van der Waals surface area (Å²) in [5.41, 5.74) is 0. The lowest BCUT2D eigenvalue weighted by Crippen LogP contribution is -2.14. The third kappa shape index (κ3) is 11.7. The Morgan fingerprint density at radius 2 is 1.14 bits per heavy atom. The molecule has 22 heavy (non-hydrogen) atoms. The Labute approximate surface area is 139 Å². The first-order valence-corrected chi connectivity index (χ1v) is 11.2. The van der Waals surface area contributed by atoms with Gasteiger partial charge >= 0.3 is 7.60 Å². The fourth-order valence-corrected chi connectivity index (χ4v) is 4.20. The van der Waals surface area contributed by atoms with Crippen LogP contribution in [-0.2, 0) is 13.6 Å². The van der Waals surface area contributed by atoms with Crippen molar-refractivity contribution in [1.29, 1.82) is 0 Å². The van der Waals surface area contributed by atoms with Crippen LogP contribution in [0.1, 0.15) is 98.8 Å². The molecule has 0 rings (SSSR count). The highest BCUT2D eigenvalue weighted by Gasteiger charge is 2.27. The van der Waals surface area contributed by atoms with E-state index in [1.165, 1.54) is 38.5 Å². The van der Waals surface area contributed by atoms with Crippen LogP contribution in [0.15, 0.2) is 0 Å². The van der Waals surface area contributed by atoms with E-state index >= 15 is 0 Å². The maximum absolute atomic E-state index is 12.7. The number of hydrogen-bond donors (Lipinski definition) is 0. The van der Waals surface area contributed by atoms with Crippen molar-refractivity contribution in [2.45, 2.75) is 111 Å². The second kappa shape index (κ2) is 13.6. The van der Waals surface area contributed by atoms with Gasteiger partial charge in [-0.25, -0.2) is 0 Å². The molecule has 0 bridgehead atoms. The molecule has 4 heteroatoms. The van der Waals surface area contributed by atoms with Crippen molar-refractivity contribution < 1.29 is 13.6 Å². The smallest absolute Gasteiger partial charge is 0.306 e. The molecule has 0 fully saturated rings. The number of unbranched alkanes of at least 4 members (excludes halogenated alkanes) is 6. The van der Waals surface area contributed by atoms with E-state index < -0.39 is 7.60 Å². The van der Waals surface area contributed by atoms with E-state index in [4.69, 9.17) is 9.05 Å². The summed E-state index contributed by atoms with van der Waals surface area (Å²) < 4.78 is 24.3. The highest BCUT2D eigenvalue weighted by molar-refractivity contribution is 7.53. The normalized spacial score (nSPS) is 17.1. The topological polar surface area (TPSA) is 35.5 Å². The molecule has 0 aliphatic rings. The second-order valence-corrected chi connectivity index (χ2v) is 8.73. The minimum atomic E-state index is -2.92. The third-order valence-corrected chi connectivity index (χ3v) is 6.13. The van der Waals surface area contributed by atoms with E-state index in [1.54, 1.807) is 0 Å². The Morgan fingerprint density at radius 3 is 1.45 bits per heavy atom. The van der Waals surface area contributed by atoms with Gasteiger partial charge in [0.15, 0.2) is 0 Å². The first-order chi connectivity index (χ1) is 10.5. The van der Waals surface area contributed by atoms with Crippen molar-refractivity contribution in [2.75, 3.05) is 6.16 Å². The second-order valence-electron chi connectivity index (χ2n) is 6.46. The van der Waals surface area contributed by atoms with Crippen LogP contribution in [0.4, 0.5) is 0 Å². The summed E-state index contributed by atoms with van der Waals surface area (Å²) in [5, 5.41) is 0. The maximum atomic E-state index is 12.7. The van der Waals surface area contributed by atoms with Crippen molar-refractivity contribution in [1.82, 2.24) is 0 Å². The van der Waals surface area contributed by atoms with Gasteiger partial charge in [0.05, 0.1) is 12.2 Å². The molecule has 0 aliphatic carbocycles. The third-order valence-electron chi connectivity index (χ3n) is 4.00. The average Bonchev–Trinajstić information content (AvgIpc) is 2.48. The maximum Gasteiger partial charge on any atom is 0.330 e. The Kier molecular flexibility index (Phi) is 13.7. The Balaban J connectivity index is 4.07. The molecular formula is C18H39O3P. The lowest BCUT2D eigenvalue weighted by Gasteiger charge is -2.24. The average molecular weight is 334 g/mol. The summed E-state index contributed by atoms with van der Waals surface area (Å²) in [6.07, 6.45) is 12.2. The molecule has 0 saturated carbocycles.